The smallest absolute Gasteiger partial charge is 0.320 e. The van der Waals surface area contributed by atoms with E-state index in [4.69, 9.17) is 10.5 Å². The summed E-state index contributed by atoms with van der Waals surface area (Å²) >= 11 is 0. The van der Waals surface area contributed by atoms with Gasteiger partial charge in [0.25, 0.3) is 0 Å². The third-order valence-electron chi connectivity index (χ3n) is 3.42. The number of anilines is 1. The highest BCUT2D eigenvalue weighted by Gasteiger charge is 2.19. The van der Waals surface area contributed by atoms with Gasteiger partial charge in [0.2, 0.25) is 5.91 Å². The number of nitrogens with one attached hydrogen (secondary N) is 2. The Morgan fingerprint density at radius 3 is 2.56 bits per heavy atom. The molecule has 25 heavy (non-hydrogen) atoms. The summed E-state index contributed by atoms with van der Waals surface area (Å²) in [6.45, 7) is 2.06. The number of carbonyl (C=O) groups is 2. The molecule has 0 unspecified atom stereocenters. The van der Waals surface area contributed by atoms with Crippen LogP contribution in [0, 0.1) is 5.82 Å². The van der Waals surface area contributed by atoms with E-state index in [0.717, 1.165) is 5.56 Å². The highest BCUT2D eigenvalue weighted by atomic mass is 19.1. The molecular weight excluding hydrogens is 325 g/mol. The molecule has 0 aliphatic carbocycles. The molecule has 0 aliphatic rings. The molecule has 3 amide bonds. The summed E-state index contributed by atoms with van der Waals surface area (Å²) in [4.78, 5) is 23.8. The minimum Gasteiger partial charge on any atom is -0.492 e. The quantitative estimate of drug-likeness (QED) is 0.719. The Kier molecular flexibility index (Phi) is 6.33. The van der Waals surface area contributed by atoms with Crippen LogP contribution < -0.4 is 21.1 Å². The van der Waals surface area contributed by atoms with Gasteiger partial charge < -0.3 is 21.1 Å². The lowest BCUT2D eigenvalue weighted by Crippen LogP contribution is -2.47. The number of carbonyl (C=O) groups excluding carboxylic acids is 2. The molecule has 132 valence electrons. The molecule has 0 saturated carbocycles. The van der Waals surface area contributed by atoms with E-state index >= 15 is 0 Å². The van der Waals surface area contributed by atoms with Crippen molar-refractivity contribution in [2.45, 2.75) is 19.4 Å². The highest BCUT2D eigenvalue weighted by Crippen LogP contribution is 2.25. The van der Waals surface area contributed by atoms with Crippen molar-refractivity contribution in [2.24, 2.45) is 5.73 Å². The summed E-state index contributed by atoms with van der Waals surface area (Å²) in [6, 6.07) is 11.4. The van der Waals surface area contributed by atoms with Crippen LogP contribution in [0.2, 0.25) is 0 Å². The van der Waals surface area contributed by atoms with Gasteiger partial charge in [0.15, 0.2) is 0 Å². The molecule has 0 aliphatic heterocycles. The number of hydrogen-bond donors (Lipinski definition) is 3. The number of ether oxygens (including phenoxy) is 1. The molecule has 6 nitrogen and oxygen atoms in total. The summed E-state index contributed by atoms with van der Waals surface area (Å²) in [5.74, 6) is -0.923. The van der Waals surface area contributed by atoms with Crippen LogP contribution in [-0.2, 0) is 11.2 Å². The van der Waals surface area contributed by atoms with Crippen molar-refractivity contribution in [3.63, 3.8) is 0 Å². The SMILES string of the molecule is CCOc1cc(F)ccc1NC(=O)N[C@@H](Cc1ccccc1)C(N)=O. The standard InChI is InChI=1S/C18H20FN3O3/c1-2-25-16-11-13(19)8-9-14(16)21-18(24)22-15(17(20)23)10-12-6-4-3-5-7-12/h3-9,11,15H,2,10H2,1H3,(H2,20,23)(H2,21,22,24)/t15-/m0/s1. The number of benzene rings is 2. The second-order valence-corrected chi connectivity index (χ2v) is 5.32. The average molecular weight is 345 g/mol. The second-order valence-electron chi connectivity index (χ2n) is 5.32. The Morgan fingerprint density at radius 1 is 1.20 bits per heavy atom. The molecular formula is C18H20FN3O3. The molecule has 0 aromatic heterocycles. The van der Waals surface area contributed by atoms with Gasteiger partial charge >= 0.3 is 6.03 Å². The number of rotatable bonds is 7. The lowest BCUT2D eigenvalue weighted by atomic mass is 10.1. The zero-order valence-corrected chi connectivity index (χ0v) is 13.8. The molecule has 0 bridgehead atoms. The van der Waals surface area contributed by atoms with Crippen LogP contribution in [0.3, 0.4) is 0 Å². The summed E-state index contributed by atoms with van der Waals surface area (Å²) in [6.07, 6.45) is 0.269. The van der Waals surface area contributed by atoms with Crippen LogP contribution >= 0.6 is 0 Å². The van der Waals surface area contributed by atoms with Crippen molar-refractivity contribution in [2.75, 3.05) is 11.9 Å². The van der Waals surface area contributed by atoms with Gasteiger partial charge in [-0.2, -0.15) is 0 Å². The van der Waals surface area contributed by atoms with E-state index in [1.807, 2.05) is 30.3 Å². The summed E-state index contributed by atoms with van der Waals surface area (Å²) in [5, 5.41) is 5.07. The van der Waals surface area contributed by atoms with Gasteiger partial charge in [0, 0.05) is 12.5 Å². The van der Waals surface area contributed by atoms with Crippen LogP contribution in [0.4, 0.5) is 14.9 Å². The third kappa shape index (κ3) is 5.49. The molecule has 0 saturated heterocycles. The van der Waals surface area contributed by atoms with Crippen molar-refractivity contribution in [1.82, 2.24) is 5.32 Å². The van der Waals surface area contributed by atoms with E-state index in [0.29, 0.717) is 12.3 Å². The average Bonchev–Trinajstić information content (AvgIpc) is 2.58. The predicted octanol–water partition coefficient (Wildman–Crippen LogP) is 2.44. The normalized spacial score (nSPS) is 11.4. The second kappa shape index (κ2) is 8.68. The van der Waals surface area contributed by atoms with E-state index in [1.165, 1.54) is 18.2 Å². The van der Waals surface area contributed by atoms with Gasteiger partial charge in [-0.1, -0.05) is 30.3 Å². The minimum absolute atomic E-state index is 0.205. The third-order valence-corrected chi connectivity index (χ3v) is 3.42. The Morgan fingerprint density at radius 2 is 1.92 bits per heavy atom. The van der Waals surface area contributed by atoms with Gasteiger partial charge in [-0.15, -0.1) is 0 Å². The van der Waals surface area contributed by atoms with Crippen LogP contribution in [0.5, 0.6) is 5.75 Å². The van der Waals surface area contributed by atoms with Crippen LogP contribution in [0.15, 0.2) is 48.5 Å². The van der Waals surface area contributed by atoms with Crippen LogP contribution in [0.25, 0.3) is 0 Å². The molecule has 1 atom stereocenters. The molecule has 0 heterocycles. The fourth-order valence-corrected chi connectivity index (χ4v) is 2.26. The lowest BCUT2D eigenvalue weighted by Gasteiger charge is -2.17. The Balaban J connectivity index is 2.05. The molecule has 2 rings (SSSR count). The van der Waals surface area contributed by atoms with Gasteiger partial charge in [-0.05, 0) is 24.6 Å². The van der Waals surface area contributed by atoms with Gasteiger partial charge in [0.1, 0.15) is 17.6 Å². The van der Waals surface area contributed by atoms with Crippen molar-refractivity contribution in [3.05, 3.63) is 59.9 Å². The topological polar surface area (TPSA) is 93.4 Å². The molecule has 0 fully saturated rings. The maximum absolute atomic E-state index is 13.3. The number of halogens is 1. The van der Waals surface area contributed by atoms with Gasteiger partial charge in [0.05, 0.1) is 12.3 Å². The predicted molar refractivity (Wildman–Crippen MR) is 92.9 cm³/mol. The largest absolute Gasteiger partial charge is 0.492 e. The zero-order chi connectivity index (χ0) is 18.2. The monoisotopic (exact) mass is 345 g/mol. The summed E-state index contributed by atoms with van der Waals surface area (Å²) < 4.78 is 18.6. The van der Waals surface area contributed by atoms with Crippen molar-refractivity contribution in [1.29, 1.82) is 0 Å². The molecule has 2 aromatic rings. The summed E-state index contributed by atoms with van der Waals surface area (Å²) in [5.41, 5.74) is 6.53. The first-order chi connectivity index (χ1) is 12.0. The fraction of sp³-hybridized carbons (Fsp3) is 0.222. The zero-order valence-electron chi connectivity index (χ0n) is 13.8. The molecule has 0 radical (unpaired) electrons. The van der Waals surface area contributed by atoms with E-state index in [1.54, 1.807) is 6.92 Å². The number of urea groups is 1. The number of hydrogen-bond acceptors (Lipinski definition) is 3. The van der Waals surface area contributed by atoms with Gasteiger partial charge in [-0.3, -0.25) is 4.79 Å². The van der Waals surface area contributed by atoms with E-state index in [9.17, 15) is 14.0 Å². The van der Waals surface area contributed by atoms with Crippen molar-refractivity contribution < 1.29 is 18.7 Å². The fourth-order valence-electron chi connectivity index (χ4n) is 2.26. The van der Waals surface area contributed by atoms with E-state index in [-0.39, 0.29) is 12.2 Å². The van der Waals surface area contributed by atoms with Crippen molar-refractivity contribution >= 4 is 17.6 Å². The first kappa shape index (κ1) is 18.3. The van der Waals surface area contributed by atoms with Crippen LogP contribution in [-0.4, -0.2) is 24.6 Å². The maximum Gasteiger partial charge on any atom is 0.320 e. The number of amides is 3. The first-order valence-corrected chi connectivity index (χ1v) is 7.82. The van der Waals surface area contributed by atoms with Gasteiger partial charge in [-0.25, -0.2) is 9.18 Å². The highest BCUT2D eigenvalue weighted by molar-refractivity contribution is 5.94. The van der Waals surface area contributed by atoms with E-state index < -0.39 is 23.8 Å². The molecule has 4 N–H and O–H groups in total. The van der Waals surface area contributed by atoms with Crippen LogP contribution in [0.1, 0.15) is 12.5 Å². The van der Waals surface area contributed by atoms with E-state index in [2.05, 4.69) is 10.6 Å². The molecule has 2 aromatic carbocycles. The lowest BCUT2D eigenvalue weighted by molar-refractivity contribution is -0.119. The Bertz CT molecular complexity index is 738. The maximum atomic E-state index is 13.3. The number of nitrogens with two attached hydrogens (primary N) is 1. The Labute approximate surface area is 145 Å². The van der Waals surface area contributed by atoms with Crippen molar-refractivity contribution in [3.8, 4) is 5.75 Å². The molecule has 0 spiro atoms. The summed E-state index contributed by atoms with van der Waals surface area (Å²) in [7, 11) is 0. The minimum atomic E-state index is -0.876. The first-order valence-electron chi connectivity index (χ1n) is 7.82. The molecule has 7 heteroatoms. The Hall–Kier alpha value is -3.09. The number of primary amides is 1.